The second-order valence-corrected chi connectivity index (χ2v) is 5.09. The van der Waals surface area contributed by atoms with Crippen LogP contribution in [-0.2, 0) is 6.54 Å². The lowest BCUT2D eigenvalue weighted by Crippen LogP contribution is -2.07. The molecule has 4 heteroatoms. The van der Waals surface area contributed by atoms with Crippen LogP contribution in [0.15, 0.2) is 22.7 Å². The molecule has 0 saturated heterocycles. The number of aryl methyl sites for hydroxylation is 2. The van der Waals surface area contributed by atoms with Crippen LogP contribution in [0.2, 0.25) is 0 Å². The molecule has 90 valence electrons. The van der Waals surface area contributed by atoms with E-state index in [4.69, 9.17) is 5.73 Å². The zero-order valence-corrected chi connectivity index (χ0v) is 11.9. The predicted octanol–water partition coefficient (Wildman–Crippen LogP) is 3.20. The molecule has 17 heavy (non-hydrogen) atoms. The Kier molecular flexibility index (Phi) is 3.24. The van der Waals surface area contributed by atoms with Crippen molar-refractivity contribution in [1.29, 1.82) is 0 Å². The zero-order chi connectivity index (χ0) is 12.6. The van der Waals surface area contributed by atoms with Crippen LogP contribution in [0.25, 0.3) is 0 Å². The van der Waals surface area contributed by atoms with E-state index in [1.165, 1.54) is 16.7 Å². The Balaban J connectivity index is 2.38. The Morgan fingerprint density at radius 2 is 2.00 bits per heavy atom. The number of rotatable bonds is 2. The molecule has 0 atom stereocenters. The van der Waals surface area contributed by atoms with Crippen molar-refractivity contribution in [2.75, 3.05) is 5.73 Å². The molecular formula is C13H16BrN3. The van der Waals surface area contributed by atoms with Gasteiger partial charge in [-0.3, -0.25) is 0 Å². The fourth-order valence-corrected chi connectivity index (χ4v) is 2.13. The number of hydrogen-bond donors (Lipinski definition) is 1. The third kappa shape index (κ3) is 2.22. The molecule has 0 spiro atoms. The first-order valence-electron chi connectivity index (χ1n) is 5.54. The fraction of sp³-hybridized carbons (Fsp3) is 0.308. The summed E-state index contributed by atoms with van der Waals surface area (Å²) in [7, 11) is 0. The maximum absolute atomic E-state index is 5.99. The van der Waals surface area contributed by atoms with Crippen LogP contribution in [0.4, 0.5) is 5.82 Å². The van der Waals surface area contributed by atoms with Crippen molar-refractivity contribution < 1.29 is 0 Å². The van der Waals surface area contributed by atoms with Crippen molar-refractivity contribution >= 4 is 21.7 Å². The minimum Gasteiger partial charge on any atom is -0.383 e. The Bertz CT molecular complexity index is 558. The third-order valence-electron chi connectivity index (χ3n) is 3.13. The van der Waals surface area contributed by atoms with Crippen molar-refractivity contribution in [3.63, 3.8) is 0 Å². The van der Waals surface area contributed by atoms with Gasteiger partial charge in [-0.25, -0.2) is 4.68 Å². The summed E-state index contributed by atoms with van der Waals surface area (Å²) in [5.74, 6) is 0.684. The smallest absolute Gasteiger partial charge is 0.136 e. The molecule has 2 rings (SSSR count). The van der Waals surface area contributed by atoms with Crippen molar-refractivity contribution in [1.82, 2.24) is 9.78 Å². The van der Waals surface area contributed by atoms with E-state index in [1.54, 1.807) is 0 Å². The summed E-state index contributed by atoms with van der Waals surface area (Å²) in [5.41, 5.74) is 10.8. The van der Waals surface area contributed by atoms with Gasteiger partial charge in [-0.15, -0.1) is 0 Å². The highest BCUT2D eigenvalue weighted by Crippen LogP contribution is 2.24. The van der Waals surface area contributed by atoms with Gasteiger partial charge in [0.25, 0.3) is 0 Å². The molecule has 0 bridgehead atoms. The molecule has 0 saturated carbocycles. The molecule has 3 nitrogen and oxygen atoms in total. The molecule has 0 unspecified atom stereocenters. The number of nitrogens with two attached hydrogens (primary N) is 1. The summed E-state index contributed by atoms with van der Waals surface area (Å²) in [6, 6.07) is 6.30. The molecule has 0 fully saturated rings. The fourth-order valence-electron chi connectivity index (χ4n) is 1.84. The second-order valence-electron chi connectivity index (χ2n) is 4.30. The second kappa shape index (κ2) is 4.53. The monoisotopic (exact) mass is 293 g/mol. The van der Waals surface area contributed by atoms with Crippen LogP contribution in [0.5, 0.6) is 0 Å². The molecule has 0 aliphatic carbocycles. The van der Waals surface area contributed by atoms with Crippen LogP contribution in [0, 0.1) is 20.8 Å². The van der Waals surface area contributed by atoms with Gasteiger partial charge in [0.05, 0.1) is 16.7 Å². The van der Waals surface area contributed by atoms with E-state index < -0.39 is 0 Å². The molecule has 0 radical (unpaired) electrons. The van der Waals surface area contributed by atoms with E-state index in [-0.39, 0.29) is 0 Å². The lowest BCUT2D eigenvalue weighted by Gasteiger charge is -2.09. The van der Waals surface area contributed by atoms with Gasteiger partial charge in [0.2, 0.25) is 0 Å². The molecule has 2 aromatic rings. The number of nitrogens with zero attached hydrogens (tertiary/aromatic N) is 2. The largest absolute Gasteiger partial charge is 0.383 e. The minimum absolute atomic E-state index is 0.684. The SMILES string of the molecule is Cc1cccc(Cn2nc(C)c(Br)c2N)c1C. The van der Waals surface area contributed by atoms with E-state index >= 15 is 0 Å². The van der Waals surface area contributed by atoms with Crippen molar-refractivity contribution in [2.45, 2.75) is 27.3 Å². The first-order chi connectivity index (χ1) is 8.00. The van der Waals surface area contributed by atoms with E-state index in [2.05, 4.69) is 53.1 Å². The van der Waals surface area contributed by atoms with Crippen LogP contribution in [0.1, 0.15) is 22.4 Å². The Hall–Kier alpha value is -1.29. The molecule has 0 amide bonds. The van der Waals surface area contributed by atoms with Crippen LogP contribution < -0.4 is 5.73 Å². The van der Waals surface area contributed by atoms with Crippen molar-refractivity contribution in [3.05, 3.63) is 45.1 Å². The summed E-state index contributed by atoms with van der Waals surface area (Å²) >= 11 is 3.44. The first kappa shape index (κ1) is 12.2. The van der Waals surface area contributed by atoms with Crippen molar-refractivity contribution in [2.24, 2.45) is 0 Å². The molecule has 0 aliphatic heterocycles. The Labute approximate surface area is 110 Å². The standard InChI is InChI=1S/C13H16BrN3/c1-8-5-4-6-11(9(8)2)7-17-13(15)12(14)10(3)16-17/h4-6H,7,15H2,1-3H3. The van der Waals surface area contributed by atoms with Gasteiger partial charge in [-0.05, 0) is 53.4 Å². The molecule has 1 heterocycles. The summed E-state index contributed by atoms with van der Waals surface area (Å²) in [4.78, 5) is 0. The average Bonchev–Trinajstić information content (AvgIpc) is 2.53. The third-order valence-corrected chi connectivity index (χ3v) is 4.11. The average molecular weight is 294 g/mol. The molecule has 0 aliphatic rings. The summed E-state index contributed by atoms with van der Waals surface area (Å²) in [5, 5.41) is 4.42. The minimum atomic E-state index is 0.684. The summed E-state index contributed by atoms with van der Waals surface area (Å²) in [6.07, 6.45) is 0. The molecular weight excluding hydrogens is 278 g/mol. The van der Waals surface area contributed by atoms with Gasteiger partial charge in [0, 0.05) is 0 Å². The number of benzene rings is 1. The molecule has 1 aromatic heterocycles. The first-order valence-corrected chi connectivity index (χ1v) is 6.33. The number of aromatic nitrogens is 2. The van der Waals surface area contributed by atoms with Crippen LogP contribution >= 0.6 is 15.9 Å². The highest BCUT2D eigenvalue weighted by atomic mass is 79.9. The van der Waals surface area contributed by atoms with E-state index in [9.17, 15) is 0 Å². The van der Waals surface area contributed by atoms with E-state index in [0.29, 0.717) is 12.4 Å². The van der Waals surface area contributed by atoms with E-state index in [1.807, 2.05) is 11.6 Å². The number of hydrogen-bond acceptors (Lipinski definition) is 2. The molecule has 2 N–H and O–H groups in total. The number of halogens is 1. The quantitative estimate of drug-likeness (QED) is 0.924. The number of nitrogen functional groups attached to an aromatic ring is 1. The predicted molar refractivity (Wildman–Crippen MR) is 74.1 cm³/mol. The topological polar surface area (TPSA) is 43.8 Å². The van der Waals surface area contributed by atoms with Gasteiger partial charge in [-0.2, -0.15) is 5.10 Å². The Morgan fingerprint density at radius 1 is 1.29 bits per heavy atom. The van der Waals surface area contributed by atoms with Crippen LogP contribution in [-0.4, -0.2) is 9.78 Å². The highest BCUT2D eigenvalue weighted by Gasteiger charge is 2.11. The zero-order valence-electron chi connectivity index (χ0n) is 10.3. The maximum atomic E-state index is 5.99. The summed E-state index contributed by atoms with van der Waals surface area (Å²) < 4.78 is 2.73. The van der Waals surface area contributed by atoms with Gasteiger partial charge in [0.1, 0.15) is 5.82 Å². The van der Waals surface area contributed by atoms with Gasteiger partial charge in [-0.1, -0.05) is 18.2 Å². The van der Waals surface area contributed by atoms with E-state index in [0.717, 1.165) is 10.2 Å². The maximum Gasteiger partial charge on any atom is 0.136 e. The van der Waals surface area contributed by atoms with Gasteiger partial charge >= 0.3 is 0 Å². The van der Waals surface area contributed by atoms with Gasteiger partial charge < -0.3 is 5.73 Å². The van der Waals surface area contributed by atoms with Crippen LogP contribution in [0.3, 0.4) is 0 Å². The van der Waals surface area contributed by atoms with Crippen molar-refractivity contribution in [3.8, 4) is 0 Å². The lowest BCUT2D eigenvalue weighted by atomic mass is 10.0. The Morgan fingerprint density at radius 3 is 2.59 bits per heavy atom. The lowest BCUT2D eigenvalue weighted by molar-refractivity contribution is 0.686. The molecule has 1 aromatic carbocycles. The summed E-state index contributed by atoms with van der Waals surface area (Å²) in [6.45, 7) is 6.91. The normalized spacial score (nSPS) is 10.8. The number of anilines is 1. The van der Waals surface area contributed by atoms with Gasteiger partial charge in [0.15, 0.2) is 0 Å². The highest BCUT2D eigenvalue weighted by molar-refractivity contribution is 9.10.